The molecule has 1 aromatic heterocycles. The quantitative estimate of drug-likeness (QED) is 0.819. The number of thioether (sulfide) groups is 1. The Morgan fingerprint density at radius 1 is 1.11 bits per heavy atom. The highest BCUT2D eigenvalue weighted by atomic mass is 32.2. The lowest BCUT2D eigenvalue weighted by molar-refractivity contribution is 0.496. The lowest BCUT2D eigenvalue weighted by Gasteiger charge is -2.05. The Balaban J connectivity index is 2.21. The number of H-pyrrole nitrogens is 1. The number of nitrogens with zero attached hydrogens (tertiary/aromatic N) is 1. The molecule has 3 rings (SSSR count). The second kappa shape index (κ2) is 4.41. The summed E-state index contributed by atoms with van der Waals surface area (Å²) >= 11 is 1.52. The lowest BCUT2D eigenvalue weighted by atomic mass is 10.1. The second-order valence-corrected chi connectivity index (χ2v) is 5.06. The maximum atomic E-state index is 13.6. The van der Waals surface area contributed by atoms with Crippen molar-refractivity contribution in [2.75, 3.05) is 0 Å². The first-order valence-electron chi connectivity index (χ1n) is 5.41. The van der Waals surface area contributed by atoms with Gasteiger partial charge in [0, 0.05) is 23.1 Å². The molecular formula is C12H7F3N2OS. The minimum atomic E-state index is -1.28. The first-order valence-corrected chi connectivity index (χ1v) is 6.56. The maximum Gasteiger partial charge on any atom is 0.255 e. The van der Waals surface area contributed by atoms with Crippen molar-refractivity contribution in [1.82, 2.24) is 9.97 Å². The first kappa shape index (κ1) is 12.3. The van der Waals surface area contributed by atoms with Crippen LogP contribution in [0.2, 0.25) is 0 Å². The molecule has 1 aliphatic heterocycles. The number of hydrogen-bond donors (Lipinski definition) is 1. The molecule has 0 atom stereocenters. The van der Waals surface area contributed by atoms with Crippen LogP contribution in [0.15, 0.2) is 16.9 Å². The van der Waals surface area contributed by atoms with Crippen molar-refractivity contribution in [2.45, 2.75) is 11.5 Å². The van der Waals surface area contributed by atoms with E-state index in [0.29, 0.717) is 34.9 Å². The minimum Gasteiger partial charge on any atom is -0.306 e. The third-order valence-electron chi connectivity index (χ3n) is 2.85. The van der Waals surface area contributed by atoms with E-state index in [1.54, 1.807) is 0 Å². The molecule has 0 unspecified atom stereocenters. The average Bonchev–Trinajstić information content (AvgIpc) is 2.82. The van der Waals surface area contributed by atoms with Crippen LogP contribution in [-0.4, -0.2) is 9.97 Å². The van der Waals surface area contributed by atoms with Crippen LogP contribution in [0.1, 0.15) is 11.3 Å². The standard InChI is InChI=1S/C12H7F3N2OS/c13-7-2-9(15)8(14)1-5(7)11-16-10-4-19-3-6(10)12(18)17-11/h1-2H,3-4H2,(H,16,17,18). The van der Waals surface area contributed by atoms with Crippen molar-refractivity contribution >= 4 is 11.8 Å². The molecule has 0 amide bonds. The molecule has 0 aliphatic carbocycles. The first-order chi connectivity index (χ1) is 9.06. The second-order valence-electron chi connectivity index (χ2n) is 4.08. The number of rotatable bonds is 1. The molecule has 98 valence electrons. The summed E-state index contributed by atoms with van der Waals surface area (Å²) in [6, 6.07) is 1.13. The third kappa shape index (κ3) is 2.03. The predicted molar refractivity (Wildman–Crippen MR) is 65.2 cm³/mol. The van der Waals surface area contributed by atoms with Crippen molar-refractivity contribution in [2.24, 2.45) is 0 Å². The van der Waals surface area contributed by atoms with E-state index in [1.807, 2.05) is 0 Å². The highest BCUT2D eigenvalue weighted by Gasteiger charge is 2.20. The number of aromatic amines is 1. The maximum absolute atomic E-state index is 13.6. The Hall–Kier alpha value is -1.76. The fourth-order valence-electron chi connectivity index (χ4n) is 1.89. The fourth-order valence-corrected chi connectivity index (χ4v) is 2.93. The van der Waals surface area contributed by atoms with Gasteiger partial charge < -0.3 is 4.98 Å². The van der Waals surface area contributed by atoms with Gasteiger partial charge in [-0.25, -0.2) is 18.2 Å². The molecule has 1 N–H and O–H groups in total. The number of halogens is 3. The summed E-state index contributed by atoms with van der Waals surface area (Å²) < 4.78 is 39.6. The van der Waals surface area contributed by atoms with E-state index in [1.165, 1.54) is 11.8 Å². The number of fused-ring (bicyclic) bond motifs is 1. The van der Waals surface area contributed by atoms with Crippen LogP contribution in [-0.2, 0) is 11.5 Å². The van der Waals surface area contributed by atoms with Crippen molar-refractivity contribution in [1.29, 1.82) is 0 Å². The molecular weight excluding hydrogens is 277 g/mol. The minimum absolute atomic E-state index is 0.0809. The van der Waals surface area contributed by atoms with Gasteiger partial charge >= 0.3 is 0 Å². The monoisotopic (exact) mass is 284 g/mol. The largest absolute Gasteiger partial charge is 0.306 e. The summed E-state index contributed by atoms with van der Waals surface area (Å²) in [4.78, 5) is 18.3. The van der Waals surface area contributed by atoms with Crippen molar-refractivity contribution in [3.05, 3.63) is 51.2 Å². The lowest BCUT2D eigenvalue weighted by Crippen LogP contribution is -2.15. The smallest absolute Gasteiger partial charge is 0.255 e. The molecule has 0 radical (unpaired) electrons. The Labute approximate surface area is 109 Å². The van der Waals surface area contributed by atoms with Gasteiger partial charge in [-0.1, -0.05) is 0 Å². The van der Waals surface area contributed by atoms with E-state index in [2.05, 4.69) is 9.97 Å². The summed E-state index contributed by atoms with van der Waals surface area (Å²) in [6.07, 6.45) is 0. The highest BCUT2D eigenvalue weighted by Crippen LogP contribution is 2.28. The Kier molecular flexibility index (Phi) is 2.85. The Morgan fingerprint density at radius 2 is 1.84 bits per heavy atom. The van der Waals surface area contributed by atoms with Crippen molar-refractivity contribution < 1.29 is 13.2 Å². The van der Waals surface area contributed by atoms with Gasteiger partial charge in [-0.15, -0.1) is 0 Å². The summed E-state index contributed by atoms with van der Waals surface area (Å²) in [6.45, 7) is 0. The van der Waals surface area contributed by atoms with Crippen LogP contribution in [0.5, 0.6) is 0 Å². The van der Waals surface area contributed by atoms with Crippen LogP contribution >= 0.6 is 11.8 Å². The van der Waals surface area contributed by atoms with Gasteiger partial charge in [0.1, 0.15) is 11.6 Å². The zero-order valence-corrected chi connectivity index (χ0v) is 10.3. The molecule has 3 nitrogen and oxygen atoms in total. The zero-order valence-electron chi connectivity index (χ0n) is 9.47. The van der Waals surface area contributed by atoms with Gasteiger partial charge in [0.25, 0.3) is 5.56 Å². The third-order valence-corrected chi connectivity index (χ3v) is 3.82. The summed E-state index contributed by atoms with van der Waals surface area (Å²) in [5.41, 5.74) is 0.495. The van der Waals surface area contributed by atoms with E-state index in [4.69, 9.17) is 0 Å². The molecule has 1 aliphatic rings. The number of nitrogens with one attached hydrogen (secondary N) is 1. The van der Waals surface area contributed by atoms with Gasteiger partial charge in [-0.2, -0.15) is 11.8 Å². The summed E-state index contributed by atoms with van der Waals surface area (Å²) in [5, 5.41) is 0. The fraction of sp³-hybridized carbons (Fsp3) is 0.167. The molecule has 0 spiro atoms. The summed E-state index contributed by atoms with van der Waals surface area (Å²) in [7, 11) is 0. The van der Waals surface area contributed by atoms with Gasteiger partial charge in [0.15, 0.2) is 11.6 Å². The van der Waals surface area contributed by atoms with E-state index < -0.39 is 17.5 Å². The molecule has 19 heavy (non-hydrogen) atoms. The van der Waals surface area contributed by atoms with E-state index >= 15 is 0 Å². The van der Waals surface area contributed by atoms with Gasteiger partial charge in [-0.3, -0.25) is 4.79 Å². The molecule has 2 aromatic rings. The normalized spacial score (nSPS) is 13.6. The van der Waals surface area contributed by atoms with Crippen LogP contribution in [0.25, 0.3) is 11.4 Å². The Morgan fingerprint density at radius 3 is 2.63 bits per heavy atom. The average molecular weight is 284 g/mol. The molecule has 0 saturated carbocycles. The molecule has 2 heterocycles. The highest BCUT2D eigenvalue weighted by molar-refractivity contribution is 7.98. The topological polar surface area (TPSA) is 45.8 Å². The molecule has 1 aromatic carbocycles. The SMILES string of the molecule is O=c1[nH]c(-c2cc(F)c(F)cc2F)nc2c1CSC2. The van der Waals surface area contributed by atoms with Crippen molar-refractivity contribution in [3.63, 3.8) is 0 Å². The van der Waals surface area contributed by atoms with E-state index in [9.17, 15) is 18.0 Å². The van der Waals surface area contributed by atoms with Crippen LogP contribution < -0.4 is 5.56 Å². The van der Waals surface area contributed by atoms with Crippen LogP contribution in [0.3, 0.4) is 0 Å². The number of aromatic nitrogens is 2. The van der Waals surface area contributed by atoms with Crippen molar-refractivity contribution in [3.8, 4) is 11.4 Å². The molecule has 7 heteroatoms. The number of hydrogen-bond acceptors (Lipinski definition) is 3. The van der Waals surface area contributed by atoms with E-state index in [0.717, 1.165) is 0 Å². The van der Waals surface area contributed by atoms with E-state index in [-0.39, 0.29) is 16.9 Å². The Bertz CT molecular complexity index is 730. The molecule has 0 fully saturated rings. The van der Waals surface area contributed by atoms with Crippen LogP contribution in [0, 0.1) is 17.5 Å². The van der Waals surface area contributed by atoms with Gasteiger partial charge in [-0.05, 0) is 6.07 Å². The number of benzene rings is 1. The van der Waals surface area contributed by atoms with Crippen LogP contribution in [0.4, 0.5) is 13.2 Å². The van der Waals surface area contributed by atoms with Gasteiger partial charge in [0.2, 0.25) is 0 Å². The predicted octanol–water partition coefficient (Wildman–Crippen LogP) is 2.60. The van der Waals surface area contributed by atoms with Gasteiger partial charge in [0.05, 0.1) is 11.3 Å². The summed E-state index contributed by atoms with van der Waals surface area (Å²) in [5.74, 6) is -2.40. The molecule has 0 bridgehead atoms. The molecule has 0 saturated heterocycles. The zero-order chi connectivity index (χ0) is 13.6.